The molecule has 5 heteroatoms. The fraction of sp³-hybridized carbons (Fsp3) is 0.667. The molecule has 1 N–H and O–H groups in total. The lowest BCUT2D eigenvalue weighted by Gasteiger charge is -2.16. The second-order valence-corrected chi connectivity index (χ2v) is 4.00. The van der Waals surface area contributed by atoms with Gasteiger partial charge in [0.1, 0.15) is 5.54 Å². The molecule has 1 fully saturated rings. The minimum absolute atomic E-state index is 0.157. The van der Waals surface area contributed by atoms with Crippen molar-refractivity contribution in [1.82, 2.24) is 10.2 Å². The summed E-state index contributed by atoms with van der Waals surface area (Å²) in [6.45, 7) is 5.12. The molecule has 0 radical (unpaired) electrons. The highest BCUT2D eigenvalue weighted by Gasteiger charge is 2.44. The first-order valence-corrected chi connectivity index (χ1v) is 4.42. The van der Waals surface area contributed by atoms with Gasteiger partial charge in [-0.1, -0.05) is 0 Å². The first-order chi connectivity index (χ1) is 6.38. The molecule has 0 aromatic rings. The number of nitrogens with one attached hydrogen (secondary N) is 1. The summed E-state index contributed by atoms with van der Waals surface area (Å²) in [7, 11) is 0. The number of imide groups is 1. The molecule has 3 amide bonds. The van der Waals surface area contributed by atoms with Crippen LogP contribution < -0.4 is 5.32 Å². The van der Waals surface area contributed by atoms with Gasteiger partial charge in [0.25, 0.3) is 5.91 Å². The predicted octanol–water partition coefficient (Wildman–Crippen LogP) is 0.476. The van der Waals surface area contributed by atoms with Crippen LogP contribution in [0.15, 0.2) is 0 Å². The number of urea groups is 1. The van der Waals surface area contributed by atoms with Gasteiger partial charge in [-0.2, -0.15) is 5.26 Å². The van der Waals surface area contributed by atoms with Crippen LogP contribution in [0.2, 0.25) is 0 Å². The summed E-state index contributed by atoms with van der Waals surface area (Å²) in [6, 6.07) is 1.57. The Hall–Kier alpha value is -1.57. The van der Waals surface area contributed by atoms with Crippen LogP contribution in [0.3, 0.4) is 0 Å². The zero-order chi connectivity index (χ0) is 10.9. The van der Waals surface area contributed by atoms with Crippen molar-refractivity contribution in [3.63, 3.8) is 0 Å². The average molecular weight is 195 g/mol. The van der Waals surface area contributed by atoms with Gasteiger partial charge in [0.2, 0.25) is 0 Å². The monoisotopic (exact) mass is 195 g/mol. The molecule has 0 aliphatic carbocycles. The number of rotatable bonds is 2. The Bertz CT molecular complexity index is 317. The minimum Gasteiger partial charge on any atom is -0.324 e. The van der Waals surface area contributed by atoms with Crippen molar-refractivity contribution in [1.29, 1.82) is 5.26 Å². The maximum Gasteiger partial charge on any atom is 0.325 e. The number of carbonyl (C=O) groups is 2. The highest BCUT2D eigenvalue weighted by Crippen LogP contribution is 2.17. The lowest BCUT2D eigenvalue weighted by atomic mass is 10.1. The van der Waals surface area contributed by atoms with Gasteiger partial charge in [-0.15, -0.1) is 0 Å². The SMILES string of the molecule is CC(C#N)CN1C(=O)NC(C)(C)C1=O. The van der Waals surface area contributed by atoms with Gasteiger partial charge in [-0.25, -0.2) is 4.79 Å². The van der Waals surface area contributed by atoms with Crippen LogP contribution in [0, 0.1) is 17.2 Å². The van der Waals surface area contributed by atoms with Crippen LogP contribution in [-0.4, -0.2) is 28.9 Å². The Morgan fingerprint density at radius 1 is 1.57 bits per heavy atom. The van der Waals surface area contributed by atoms with Crippen LogP contribution in [0.5, 0.6) is 0 Å². The zero-order valence-corrected chi connectivity index (χ0v) is 8.50. The first kappa shape index (κ1) is 10.5. The molecule has 76 valence electrons. The number of hydrogen-bond donors (Lipinski definition) is 1. The molecule has 5 nitrogen and oxygen atoms in total. The Balaban J connectivity index is 2.77. The highest BCUT2D eigenvalue weighted by atomic mass is 16.2. The van der Waals surface area contributed by atoms with Crippen LogP contribution in [0.1, 0.15) is 20.8 Å². The molecule has 14 heavy (non-hydrogen) atoms. The summed E-state index contributed by atoms with van der Waals surface area (Å²) >= 11 is 0. The molecular weight excluding hydrogens is 182 g/mol. The number of hydrogen-bond acceptors (Lipinski definition) is 3. The van der Waals surface area contributed by atoms with E-state index in [1.807, 2.05) is 6.07 Å². The van der Waals surface area contributed by atoms with Crippen LogP contribution in [-0.2, 0) is 4.79 Å². The summed E-state index contributed by atoms with van der Waals surface area (Å²) in [5.41, 5.74) is -0.841. The first-order valence-electron chi connectivity index (χ1n) is 4.42. The number of nitrogens with zero attached hydrogens (tertiary/aromatic N) is 2. The molecule has 0 bridgehead atoms. The van der Waals surface area contributed by atoms with Crippen LogP contribution in [0.4, 0.5) is 4.79 Å². The molecule has 0 spiro atoms. The second kappa shape index (κ2) is 3.29. The van der Waals surface area contributed by atoms with Crippen molar-refractivity contribution in [2.45, 2.75) is 26.3 Å². The Kier molecular flexibility index (Phi) is 2.47. The molecule has 1 aliphatic rings. The Morgan fingerprint density at radius 3 is 2.50 bits per heavy atom. The van der Waals surface area contributed by atoms with Crippen LogP contribution in [0.25, 0.3) is 0 Å². The molecule has 1 rings (SSSR count). The minimum atomic E-state index is -0.841. The molecule has 1 aliphatic heterocycles. The van der Waals surface area contributed by atoms with E-state index in [-0.39, 0.29) is 18.4 Å². The van der Waals surface area contributed by atoms with Gasteiger partial charge in [0.15, 0.2) is 0 Å². The van der Waals surface area contributed by atoms with Crippen molar-refractivity contribution in [3.8, 4) is 6.07 Å². The van der Waals surface area contributed by atoms with Gasteiger partial charge < -0.3 is 5.32 Å². The van der Waals surface area contributed by atoms with E-state index < -0.39 is 11.6 Å². The quantitative estimate of drug-likeness (QED) is 0.651. The van der Waals surface area contributed by atoms with Crippen molar-refractivity contribution in [2.24, 2.45) is 5.92 Å². The highest BCUT2D eigenvalue weighted by molar-refractivity contribution is 6.06. The van der Waals surface area contributed by atoms with E-state index in [1.165, 1.54) is 0 Å². The van der Waals surface area contributed by atoms with Gasteiger partial charge in [0.05, 0.1) is 12.0 Å². The third-order valence-corrected chi connectivity index (χ3v) is 2.12. The average Bonchev–Trinajstić information content (AvgIpc) is 2.28. The maximum absolute atomic E-state index is 11.6. The second-order valence-electron chi connectivity index (χ2n) is 4.00. The largest absolute Gasteiger partial charge is 0.325 e. The fourth-order valence-electron chi connectivity index (χ4n) is 1.30. The van der Waals surface area contributed by atoms with Gasteiger partial charge in [0, 0.05) is 6.54 Å². The normalized spacial score (nSPS) is 21.7. The fourth-order valence-corrected chi connectivity index (χ4v) is 1.30. The van der Waals surface area contributed by atoms with E-state index in [4.69, 9.17) is 5.26 Å². The molecule has 1 saturated heterocycles. The number of amides is 3. The molecule has 1 atom stereocenters. The van der Waals surface area contributed by atoms with E-state index >= 15 is 0 Å². The van der Waals surface area contributed by atoms with Gasteiger partial charge >= 0.3 is 6.03 Å². The van der Waals surface area contributed by atoms with Gasteiger partial charge in [-0.3, -0.25) is 9.69 Å². The Morgan fingerprint density at radius 2 is 2.14 bits per heavy atom. The lowest BCUT2D eigenvalue weighted by molar-refractivity contribution is -0.130. The summed E-state index contributed by atoms with van der Waals surface area (Å²) < 4.78 is 0. The van der Waals surface area contributed by atoms with Crippen molar-refractivity contribution in [2.75, 3.05) is 6.54 Å². The summed E-state index contributed by atoms with van der Waals surface area (Å²) in [6.07, 6.45) is 0. The van der Waals surface area contributed by atoms with Crippen molar-refractivity contribution < 1.29 is 9.59 Å². The lowest BCUT2D eigenvalue weighted by Crippen LogP contribution is -2.40. The molecule has 0 aromatic carbocycles. The van der Waals surface area contributed by atoms with Crippen LogP contribution >= 0.6 is 0 Å². The van der Waals surface area contributed by atoms with E-state index in [9.17, 15) is 9.59 Å². The predicted molar refractivity (Wildman–Crippen MR) is 49.1 cm³/mol. The third-order valence-electron chi connectivity index (χ3n) is 2.12. The van der Waals surface area contributed by atoms with E-state index in [0.29, 0.717) is 0 Å². The maximum atomic E-state index is 11.6. The smallest absolute Gasteiger partial charge is 0.324 e. The Labute approximate surface area is 82.7 Å². The molecular formula is C9H13N3O2. The molecule has 0 aromatic heterocycles. The summed E-state index contributed by atoms with van der Waals surface area (Å²) in [5.74, 6) is -0.608. The number of nitriles is 1. The van der Waals surface area contributed by atoms with E-state index in [1.54, 1.807) is 20.8 Å². The van der Waals surface area contributed by atoms with Crippen molar-refractivity contribution >= 4 is 11.9 Å². The standard InChI is InChI=1S/C9H13N3O2/c1-6(4-10)5-12-7(13)9(2,3)11-8(12)14/h6H,5H2,1-3H3,(H,11,14). The zero-order valence-electron chi connectivity index (χ0n) is 8.50. The summed E-state index contributed by atoms with van der Waals surface area (Å²) in [4.78, 5) is 24.0. The molecule has 0 saturated carbocycles. The van der Waals surface area contributed by atoms with E-state index in [2.05, 4.69) is 5.32 Å². The van der Waals surface area contributed by atoms with Crippen molar-refractivity contribution in [3.05, 3.63) is 0 Å². The summed E-state index contributed by atoms with van der Waals surface area (Å²) in [5, 5.41) is 11.1. The number of carbonyl (C=O) groups excluding carboxylic acids is 2. The van der Waals surface area contributed by atoms with Gasteiger partial charge in [-0.05, 0) is 20.8 Å². The molecule has 1 unspecified atom stereocenters. The third kappa shape index (κ3) is 1.69. The van der Waals surface area contributed by atoms with E-state index in [0.717, 1.165) is 4.90 Å². The topological polar surface area (TPSA) is 73.2 Å². The molecule has 1 heterocycles.